The summed E-state index contributed by atoms with van der Waals surface area (Å²) < 4.78 is 0. The Morgan fingerprint density at radius 2 is 0.607 bits per heavy atom. The van der Waals surface area contributed by atoms with E-state index in [1.165, 1.54) is 20.8 Å². The average Bonchev–Trinajstić information content (AvgIpc) is 2.46. The molecule has 0 aromatic rings. The molecule has 0 aromatic heterocycles. The molecule has 0 bridgehead atoms. The van der Waals surface area contributed by atoms with E-state index in [4.69, 9.17) is 0 Å². The molecule has 0 atom stereocenters. The van der Waals surface area contributed by atoms with Crippen LogP contribution in [0.5, 0.6) is 0 Å². The van der Waals surface area contributed by atoms with Crippen molar-refractivity contribution in [2.75, 3.05) is 0 Å². The number of carbonyl (C=O) groups is 6. The van der Waals surface area contributed by atoms with E-state index in [1.807, 2.05) is 0 Å². The van der Waals surface area contributed by atoms with Gasteiger partial charge in [0.15, 0.2) is 0 Å². The predicted molar refractivity (Wildman–Crippen MR) is 105 cm³/mol. The second kappa shape index (κ2) is 18.9. The Bertz CT molecular complexity index is 457. The standard InChI is InChI=1S/3C7H12O2.Fe/c3*1-5(2)7(9)4-6(3)8;/h3*5H,4H2,1-3H3;. The molecule has 0 saturated heterocycles. The van der Waals surface area contributed by atoms with Gasteiger partial charge in [0.1, 0.15) is 34.7 Å². The first kappa shape index (κ1) is 34.1. The molecule has 0 N–H and O–H groups in total. The third-order valence-corrected chi connectivity index (χ3v) is 3.20. The molecular weight excluding hydrogens is 404 g/mol. The van der Waals surface area contributed by atoms with E-state index in [2.05, 4.69) is 0 Å². The quantitative estimate of drug-likeness (QED) is 0.401. The molecule has 7 heteroatoms. The van der Waals surface area contributed by atoms with Gasteiger partial charge in [-0.1, -0.05) is 41.5 Å². The molecule has 0 aliphatic heterocycles. The van der Waals surface area contributed by atoms with E-state index < -0.39 is 0 Å². The summed E-state index contributed by atoms with van der Waals surface area (Å²) in [5, 5.41) is 0. The third kappa shape index (κ3) is 26.8. The van der Waals surface area contributed by atoms with Crippen LogP contribution in [0.25, 0.3) is 0 Å². The first-order chi connectivity index (χ1) is 12.1. The third-order valence-electron chi connectivity index (χ3n) is 3.20. The molecule has 0 heterocycles. The van der Waals surface area contributed by atoms with E-state index >= 15 is 0 Å². The fourth-order valence-electron chi connectivity index (χ4n) is 1.35. The van der Waals surface area contributed by atoms with Crippen LogP contribution in [0.2, 0.25) is 0 Å². The van der Waals surface area contributed by atoms with Gasteiger partial charge in [-0.05, 0) is 20.8 Å². The zero-order valence-electron chi connectivity index (χ0n) is 18.7. The van der Waals surface area contributed by atoms with Gasteiger partial charge in [0.05, 0.1) is 19.3 Å². The molecule has 0 amide bonds. The Kier molecular flexibility index (Phi) is 23.0. The maximum atomic E-state index is 10.7. The number of hydrogen-bond donors (Lipinski definition) is 0. The molecular formula is C21H36FeO6. The second-order valence-corrected chi connectivity index (χ2v) is 7.50. The molecule has 6 nitrogen and oxygen atoms in total. The van der Waals surface area contributed by atoms with E-state index in [9.17, 15) is 28.8 Å². The van der Waals surface area contributed by atoms with Crippen molar-refractivity contribution >= 4 is 34.7 Å². The number of hydrogen-bond acceptors (Lipinski definition) is 6. The normalized spacial score (nSPS) is 9.43. The van der Waals surface area contributed by atoms with E-state index in [0.717, 1.165) is 0 Å². The van der Waals surface area contributed by atoms with Crippen molar-refractivity contribution in [1.82, 2.24) is 0 Å². The van der Waals surface area contributed by atoms with Crippen molar-refractivity contribution in [1.29, 1.82) is 0 Å². The van der Waals surface area contributed by atoms with E-state index in [1.54, 1.807) is 41.5 Å². The molecule has 164 valence electrons. The summed E-state index contributed by atoms with van der Waals surface area (Å²) in [6.07, 6.45) is 0.285. The van der Waals surface area contributed by atoms with Crippen LogP contribution in [0.3, 0.4) is 0 Å². The number of carbonyl (C=O) groups excluding carboxylic acids is 6. The monoisotopic (exact) mass is 440 g/mol. The Morgan fingerprint density at radius 3 is 0.643 bits per heavy atom. The maximum Gasteiger partial charge on any atom is 0.142 e. The smallest absolute Gasteiger partial charge is 0.142 e. The molecule has 0 saturated carbocycles. The van der Waals surface area contributed by atoms with Gasteiger partial charge in [-0.2, -0.15) is 0 Å². The van der Waals surface area contributed by atoms with E-state index in [-0.39, 0.29) is 88.8 Å². The van der Waals surface area contributed by atoms with Gasteiger partial charge in [0.25, 0.3) is 0 Å². The van der Waals surface area contributed by atoms with Crippen LogP contribution in [-0.2, 0) is 45.8 Å². The largest absolute Gasteiger partial charge is 0.300 e. The minimum absolute atomic E-state index is 0. The van der Waals surface area contributed by atoms with Crippen LogP contribution < -0.4 is 0 Å². The van der Waals surface area contributed by atoms with Crippen LogP contribution in [0, 0.1) is 17.8 Å². The van der Waals surface area contributed by atoms with Gasteiger partial charge >= 0.3 is 0 Å². The average molecular weight is 440 g/mol. The zero-order chi connectivity index (χ0) is 22.3. The van der Waals surface area contributed by atoms with Crippen LogP contribution in [0.1, 0.15) is 81.6 Å². The minimum atomic E-state index is -0.0475. The Balaban J connectivity index is -0.000000152. The molecule has 0 spiro atoms. The van der Waals surface area contributed by atoms with Crippen LogP contribution in [0.4, 0.5) is 0 Å². The van der Waals surface area contributed by atoms with Crippen molar-refractivity contribution < 1.29 is 45.8 Å². The van der Waals surface area contributed by atoms with Gasteiger partial charge in [-0.25, -0.2) is 0 Å². The minimum Gasteiger partial charge on any atom is -0.300 e. The van der Waals surface area contributed by atoms with Crippen molar-refractivity contribution in [3.8, 4) is 0 Å². The van der Waals surface area contributed by atoms with Crippen molar-refractivity contribution in [2.45, 2.75) is 81.6 Å². The molecule has 0 radical (unpaired) electrons. The zero-order valence-corrected chi connectivity index (χ0v) is 19.8. The summed E-state index contributed by atoms with van der Waals surface area (Å²) in [5.41, 5.74) is 0. The summed E-state index contributed by atoms with van der Waals surface area (Å²) in [6.45, 7) is 15.1. The van der Waals surface area contributed by atoms with Crippen molar-refractivity contribution in [2.24, 2.45) is 17.8 Å². The van der Waals surface area contributed by atoms with Crippen molar-refractivity contribution in [3.63, 3.8) is 0 Å². The van der Waals surface area contributed by atoms with E-state index in [0.29, 0.717) is 0 Å². The van der Waals surface area contributed by atoms with Crippen LogP contribution >= 0.6 is 0 Å². The molecule has 0 aliphatic carbocycles. The summed E-state index contributed by atoms with van der Waals surface area (Å²) in [4.78, 5) is 63.2. The summed E-state index contributed by atoms with van der Waals surface area (Å²) >= 11 is 0. The SMILES string of the molecule is CC(=O)CC(=O)C(C)C.CC(=O)CC(=O)C(C)C.CC(=O)CC(=O)C(C)C.[Fe]. The number of rotatable bonds is 9. The van der Waals surface area contributed by atoms with Gasteiger partial charge in [-0.15, -0.1) is 0 Å². The molecule has 0 fully saturated rings. The summed E-state index contributed by atoms with van der Waals surface area (Å²) in [7, 11) is 0. The first-order valence-corrected chi connectivity index (χ1v) is 9.18. The fourth-order valence-corrected chi connectivity index (χ4v) is 1.35. The van der Waals surface area contributed by atoms with Crippen LogP contribution in [0.15, 0.2) is 0 Å². The summed E-state index contributed by atoms with van der Waals surface area (Å²) in [6, 6.07) is 0. The van der Waals surface area contributed by atoms with Crippen molar-refractivity contribution in [3.05, 3.63) is 0 Å². The number of ketones is 6. The van der Waals surface area contributed by atoms with Gasteiger partial charge in [0.2, 0.25) is 0 Å². The molecule has 28 heavy (non-hydrogen) atoms. The first-order valence-electron chi connectivity index (χ1n) is 9.18. The Labute approximate surface area is 180 Å². The molecule has 0 rings (SSSR count). The van der Waals surface area contributed by atoms with Gasteiger partial charge in [-0.3, -0.25) is 28.8 Å². The molecule has 0 unspecified atom stereocenters. The molecule has 0 aliphatic rings. The topological polar surface area (TPSA) is 102 Å². The summed E-state index contributed by atoms with van der Waals surface area (Å²) in [5.74, 6) is -0.0692. The van der Waals surface area contributed by atoms with Gasteiger partial charge < -0.3 is 0 Å². The fraction of sp³-hybridized carbons (Fsp3) is 0.714. The van der Waals surface area contributed by atoms with Gasteiger partial charge in [0, 0.05) is 34.8 Å². The number of Topliss-reactive ketones (excluding diaryl/α,β-unsaturated/α-hetero) is 6. The Morgan fingerprint density at radius 1 is 0.464 bits per heavy atom. The van der Waals surface area contributed by atoms with Crippen LogP contribution in [-0.4, -0.2) is 34.7 Å². The molecule has 0 aromatic carbocycles. The maximum absolute atomic E-state index is 10.7. The predicted octanol–water partition coefficient (Wildman–Crippen LogP) is 3.57. The second-order valence-electron chi connectivity index (χ2n) is 7.50. The Hall–Kier alpha value is -1.46.